The molecule has 10 heteroatoms. The van der Waals surface area contributed by atoms with Gasteiger partial charge in [-0.05, 0) is 24.6 Å². The van der Waals surface area contributed by atoms with Gasteiger partial charge in [-0.3, -0.25) is 9.89 Å². The van der Waals surface area contributed by atoms with Crippen LogP contribution in [0.3, 0.4) is 0 Å². The Morgan fingerprint density at radius 1 is 1.15 bits per heavy atom. The van der Waals surface area contributed by atoms with E-state index in [-0.39, 0.29) is 17.5 Å². The van der Waals surface area contributed by atoms with Crippen LogP contribution in [-0.4, -0.2) is 69.7 Å². The van der Waals surface area contributed by atoms with Crippen LogP contribution in [0.4, 0.5) is 10.2 Å². The Labute approximate surface area is 193 Å². The Morgan fingerprint density at radius 3 is 2.70 bits per heavy atom. The van der Waals surface area contributed by atoms with Gasteiger partial charge in [0.25, 0.3) is 0 Å². The smallest absolute Gasteiger partial charge is 0.241 e. The maximum absolute atomic E-state index is 16.0. The molecule has 4 heterocycles. The number of amides is 1. The van der Waals surface area contributed by atoms with Gasteiger partial charge in [0, 0.05) is 54.6 Å². The van der Waals surface area contributed by atoms with Crippen LogP contribution in [0.1, 0.15) is 5.56 Å². The largest absolute Gasteiger partial charge is 0.352 e. The topological polar surface area (TPSA) is 100.0 Å². The molecule has 2 N–H and O–H groups in total. The molecule has 2 aliphatic rings. The first-order valence-corrected chi connectivity index (χ1v) is 11.2. The molecule has 2 aromatic heterocycles. The monoisotopic (exact) mass is 465 g/mol. The molecule has 0 spiro atoms. The minimum Gasteiger partial charge on any atom is -0.352 e. The zero-order chi connectivity index (χ0) is 22.7. The molecule has 168 valence electrons. The van der Waals surface area contributed by atoms with E-state index < -0.39 is 5.82 Å². The number of nitrogens with one attached hydrogen (secondary N) is 2. The fraction of sp³-hybridized carbons (Fsp3) is 0.304. The molecule has 0 bridgehead atoms. The van der Waals surface area contributed by atoms with E-state index in [0.29, 0.717) is 53.5 Å². The van der Waals surface area contributed by atoms with Gasteiger partial charge < -0.3 is 15.1 Å². The summed E-state index contributed by atoms with van der Waals surface area (Å²) in [5.74, 6) is 0.290. The highest BCUT2D eigenvalue weighted by Crippen LogP contribution is 2.41. The number of carbonyl (C=O) groups is 1. The molecule has 33 heavy (non-hydrogen) atoms. The molecule has 1 amide bonds. The van der Waals surface area contributed by atoms with Gasteiger partial charge >= 0.3 is 0 Å². The normalized spacial score (nSPS) is 18.3. The molecule has 8 nitrogen and oxygen atoms in total. The number of piperazine rings is 1. The number of hydrogen-bond acceptors (Lipinski definition) is 6. The summed E-state index contributed by atoms with van der Waals surface area (Å²) >= 11 is 6.70. The average molecular weight is 466 g/mol. The Hall–Kier alpha value is -3.30. The molecule has 0 radical (unpaired) electrons. The van der Waals surface area contributed by atoms with Crippen molar-refractivity contribution in [1.82, 2.24) is 30.4 Å². The Morgan fingerprint density at radius 2 is 1.94 bits per heavy atom. The minimum atomic E-state index is -0.480. The fourth-order valence-electron chi connectivity index (χ4n) is 4.65. The van der Waals surface area contributed by atoms with Crippen molar-refractivity contribution in [1.29, 1.82) is 0 Å². The second-order valence-corrected chi connectivity index (χ2v) is 8.91. The molecule has 1 atom stereocenters. The van der Waals surface area contributed by atoms with Crippen LogP contribution in [-0.2, 0) is 4.79 Å². The van der Waals surface area contributed by atoms with Gasteiger partial charge in [0.15, 0.2) is 5.82 Å². The number of fused-ring (bicyclic) bond motifs is 2. The van der Waals surface area contributed by atoms with Crippen molar-refractivity contribution in [3.05, 3.63) is 47.1 Å². The van der Waals surface area contributed by atoms with E-state index in [2.05, 4.69) is 30.4 Å². The molecule has 4 aromatic rings. The van der Waals surface area contributed by atoms with Crippen molar-refractivity contribution in [3.63, 3.8) is 0 Å². The second kappa shape index (κ2) is 7.64. The highest BCUT2D eigenvalue weighted by Gasteiger charge is 2.34. The molecule has 2 aliphatic heterocycles. The summed E-state index contributed by atoms with van der Waals surface area (Å²) < 4.78 is 16.0. The van der Waals surface area contributed by atoms with Crippen LogP contribution in [0.2, 0.25) is 5.02 Å². The van der Waals surface area contributed by atoms with Crippen molar-refractivity contribution >= 4 is 45.1 Å². The number of carbonyl (C=O) groups excluding carboxylic acids is 1. The van der Waals surface area contributed by atoms with E-state index >= 15 is 4.39 Å². The summed E-state index contributed by atoms with van der Waals surface area (Å²) in [5, 5.41) is 11.7. The highest BCUT2D eigenvalue weighted by molar-refractivity contribution is 6.35. The van der Waals surface area contributed by atoms with Crippen molar-refractivity contribution < 1.29 is 9.18 Å². The molecular weight excluding hydrogens is 445 g/mol. The van der Waals surface area contributed by atoms with Gasteiger partial charge in [-0.1, -0.05) is 17.7 Å². The maximum Gasteiger partial charge on any atom is 0.241 e. The van der Waals surface area contributed by atoms with Crippen molar-refractivity contribution in [2.75, 3.05) is 37.6 Å². The third kappa shape index (κ3) is 3.30. The Kier molecular flexibility index (Phi) is 4.70. The number of benzene rings is 2. The van der Waals surface area contributed by atoms with E-state index in [1.165, 1.54) is 6.33 Å². The lowest BCUT2D eigenvalue weighted by atomic mass is 9.95. The standard InChI is InChI=1S/C23H21ClFN7O/c1-12-2-3-16-14(9-29-30-16)18(12)19-15(24)8-13-21(20(19)25)27-11-28-22(13)31-4-6-32(7-5-31)23(33)17-10-26-17/h2-3,8-9,11,17,26H,4-7,10H2,1H3,(H,29,30). The number of nitrogens with zero attached hydrogens (tertiary/aromatic N) is 5. The van der Waals surface area contributed by atoms with Gasteiger partial charge in [0.2, 0.25) is 5.91 Å². The number of halogens is 2. The zero-order valence-corrected chi connectivity index (χ0v) is 18.7. The summed E-state index contributed by atoms with van der Waals surface area (Å²) in [6.07, 6.45) is 3.07. The number of hydrogen-bond donors (Lipinski definition) is 2. The van der Waals surface area contributed by atoms with E-state index in [0.717, 1.165) is 23.0 Å². The Balaban J connectivity index is 1.41. The van der Waals surface area contributed by atoms with Crippen molar-refractivity contribution in [3.8, 4) is 11.1 Å². The lowest BCUT2D eigenvalue weighted by Gasteiger charge is -2.35. The summed E-state index contributed by atoms with van der Waals surface area (Å²) in [5.41, 5.74) is 2.94. The molecule has 2 saturated heterocycles. The quantitative estimate of drug-likeness (QED) is 0.451. The van der Waals surface area contributed by atoms with Crippen LogP contribution in [0, 0.1) is 12.7 Å². The predicted molar refractivity (Wildman–Crippen MR) is 125 cm³/mol. The summed E-state index contributed by atoms with van der Waals surface area (Å²) in [6, 6.07) is 5.54. The number of rotatable bonds is 3. The number of aryl methyl sites for hydroxylation is 1. The zero-order valence-electron chi connectivity index (χ0n) is 17.9. The molecule has 6 rings (SSSR count). The minimum absolute atomic E-state index is 0.0362. The van der Waals surface area contributed by atoms with Gasteiger partial charge in [-0.25, -0.2) is 14.4 Å². The highest BCUT2D eigenvalue weighted by atomic mass is 35.5. The van der Waals surface area contributed by atoms with E-state index in [4.69, 9.17) is 11.6 Å². The summed E-state index contributed by atoms with van der Waals surface area (Å²) in [4.78, 5) is 25.0. The number of aromatic nitrogens is 4. The molecule has 2 fully saturated rings. The van der Waals surface area contributed by atoms with Gasteiger partial charge in [0.1, 0.15) is 17.7 Å². The third-order valence-electron chi connectivity index (χ3n) is 6.48. The molecule has 0 saturated carbocycles. The van der Waals surface area contributed by atoms with Crippen LogP contribution < -0.4 is 10.2 Å². The van der Waals surface area contributed by atoms with E-state index in [1.54, 1.807) is 12.3 Å². The van der Waals surface area contributed by atoms with Gasteiger partial charge in [-0.2, -0.15) is 5.10 Å². The van der Waals surface area contributed by atoms with E-state index in [1.807, 2.05) is 24.0 Å². The summed E-state index contributed by atoms with van der Waals surface area (Å²) in [7, 11) is 0. The fourth-order valence-corrected chi connectivity index (χ4v) is 4.93. The SMILES string of the molecule is Cc1ccc2[nH]ncc2c1-c1c(Cl)cc2c(N3CCN(C(=O)C4CN4)CC3)ncnc2c1F. The lowest BCUT2D eigenvalue weighted by molar-refractivity contribution is -0.130. The number of aromatic amines is 1. The third-order valence-corrected chi connectivity index (χ3v) is 6.78. The Bertz CT molecular complexity index is 1410. The second-order valence-electron chi connectivity index (χ2n) is 8.50. The van der Waals surface area contributed by atoms with Crippen LogP contribution in [0.25, 0.3) is 32.9 Å². The van der Waals surface area contributed by atoms with Crippen LogP contribution in [0.15, 0.2) is 30.7 Å². The van der Waals surface area contributed by atoms with Crippen LogP contribution in [0.5, 0.6) is 0 Å². The van der Waals surface area contributed by atoms with Crippen LogP contribution >= 0.6 is 11.6 Å². The average Bonchev–Trinajstić information content (AvgIpc) is 3.57. The molecule has 0 aliphatic carbocycles. The first-order valence-electron chi connectivity index (χ1n) is 10.9. The van der Waals surface area contributed by atoms with Crippen molar-refractivity contribution in [2.45, 2.75) is 13.0 Å². The number of H-pyrrole nitrogens is 1. The lowest BCUT2D eigenvalue weighted by Crippen LogP contribution is -2.50. The first-order chi connectivity index (χ1) is 16.0. The molecule has 2 aromatic carbocycles. The van der Waals surface area contributed by atoms with Crippen molar-refractivity contribution in [2.24, 2.45) is 0 Å². The van der Waals surface area contributed by atoms with Gasteiger partial charge in [0.05, 0.1) is 22.8 Å². The maximum atomic E-state index is 16.0. The number of anilines is 1. The van der Waals surface area contributed by atoms with E-state index in [9.17, 15) is 4.79 Å². The van der Waals surface area contributed by atoms with Gasteiger partial charge in [-0.15, -0.1) is 0 Å². The molecule has 1 unspecified atom stereocenters. The summed E-state index contributed by atoms with van der Waals surface area (Å²) in [6.45, 7) is 5.09. The first kappa shape index (κ1) is 20.3. The predicted octanol–water partition coefficient (Wildman–Crippen LogP) is 2.89. The molecular formula is C23H21ClFN7O.